The highest BCUT2D eigenvalue weighted by Crippen LogP contribution is 2.26. The molecular formula is C17H21N3O2. The fraction of sp³-hybridized carbons (Fsp3) is 0.412. The van der Waals surface area contributed by atoms with E-state index < -0.39 is 0 Å². The normalized spacial score (nSPS) is 16.4. The number of carbonyl (C=O) groups excluding carboxylic acids is 1. The summed E-state index contributed by atoms with van der Waals surface area (Å²) in [6.45, 7) is 1.82. The molecule has 1 aromatic heterocycles. The van der Waals surface area contributed by atoms with Gasteiger partial charge in [-0.1, -0.05) is 6.07 Å². The van der Waals surface area contributed by atoms with Gasteiger partial charge in [0, 0.05) is 24.1 Å². The summed E-state index contributed by atoms with van der Waals surface area (Å²) in [6, 6.07) is 9.04. The molecule has 22 heavy (non-hydrogen) atoms. The van der Waals surface area contributed by atoms with Crippen molar-refractivity contribution in [3.8, 4) is 5.75 Å². The van der Waals surface area contributed by atoms with E-state index in [9.17, 15) is 4.79 Å². The van der Waals surface area contributed by atoms with Gasteiger partial charge >= 0.3 is 0 Å². The third-order valence-corrected chi connectivity index (χ3v) is 4.01. The molecule has 0 saturated heterocycles. The van der Waals surface area contributed by atoms with Crippen LogP contribution in [0.1, 0.15) is 38.6 Å². The van der Waals surface area contributed by atoms with Crippen LogP contribution in [-0.4, -0.2) is 21.8 Å². The molecular weight excluding hydrogens is 278 g/mol. The molecule has 116 valence electrons. The van der Waals surface area contributed by atoms with Crippen LogP contribution in [0, 0.1) is 0 Å². The topological polar surface area (TPSA) is 56.1 Å². The number of nitrogens with one attached hydrogen (secondary N) is 1. The number of hydrogen-bond donors (Lipinski definition) is 1. The minimum absolute atomic E-state index is 0.0956. The molecule has 0 aliphatic heterocycles. The Kier molecular flexibility index (Phi) is 4.42. The predicted octanol–water partition coefficient (Wildman–Crippen LogP) is 3.40. The highest BCUT2D eigenvalue weighted by atomic mass is 16.5. The number of aromatic nitrogens is 2. The highest BCUT2D eigenvalue weighted by Gasteiger charge is 2.18. The number of carbonyl (C=O) groups is 1. The molecule has 1 fully saturated rings. The maximum absolute atomic E-state index is 12.3. The van der Waals surface area contributed by atoms with Crippen molar-refractivity contribution in [3.63, 3.8) is 0 Å². The number of benzene rings is 1. The van der Waals surface area contributed by atoms with Gasteiger partial charge in [-0.15, -0.1) is 0 Å². The van der Waals surface area contributed by atoms with E-state index in [0.717, 1.165) is 24.3 Å². The lowest BCUT2D eigenvalue weighted by molar-refractivity contribution is -0.119. The van der Waals surface area contributed by atoms with Crippen molar-refractivity contribution in [2.75, 3.05) is 5.32 Å². The van der Waals surface area contributed by atoms with Crippen molar-refractivity contribution in [2.45, 2.75) is 44.8 Å². The molecule has 0 bridgehead atoms. The zero-order chi connectivity index (χ0) is 15.4. The summed E-state index contributed by atoms with van der Waals surface area (Å²) in [6.07, 6.45) is 8.48. The number of hydrogen-bond acceptors (Lipinski definition) is 3. The Morgan fingerprint density at radius 2 is 2.18 bits per heavy atom. The minimum Gasteiger partial charge on any atom is -0.490 e. The molecule has 1 unspecified atom stereocenters. The van der Waals surface area contributed by atoms with Gasteiger partial charge in [0.25, 0.3) is 0 Å². The predicted molar refractivity (Wildman–Crippen MR) is 84.9 cm³/mol. The van der Waals surface area contributed by atoms with Gasteiger partial charge in [-0.05, 0) is 50.8 Å². The molecule has 1 aliphatic carbocycles. The zero-order valence-corrected chi connectivity index (χ0v) is 12.7. The van der Waals surface area contributed by atoms with Gasteiger partial charge in [0.1, 0.15) is 11.8 Å². The van der Waals surface area contributed by atoms with Gasteiger partial charge in [0.05, 0.1) is 6.10 Å². The van der Waals surface area contributed by atoms with Crippen molar-refractivity contribution in [2.24, 2.45) is 0 Å². The summed E-state index contributed by atoms with van der Waals surface area (Å²) in [5.74, 6) is 0.721. The van der Waals surface area contributed by atoms with Crippen LogP contribution < -0.4 is 10.1 Å². The summed E-state index contributed by atoms with van der Waals surface area (Å²) < 4.78 is 7.59. The lowest BCUT2D eigenvalue weighted by atomic mass is 10.2. The van der Waals surface area contributed by atoms with Crippen LogP contribution in [0.3, 0.4) is 0 Å². The molecule has 1 N–H and O–H groups in total. The smallest absolute Gasteiger partial charge is 0.248 e. The monoisotopic (exact) mass is 299 g/mol. The standard InChI is InChI=1S/C17H21N3O2/c1-13(20-11-5-10-18-20)17(21)19-14-6-4-9-16(12-14)22-15-7-2-3-8-15/h4-6,9-13,15H,2-3,7-8H2,1H3,(H,19,21). The second kappa shape index (κ2) is 6.64. The number of amides is 1. The van der Waals surface area contributed by atoms with Crippen LogP contribution >= 0.6 is 0 Å². The Morgan fingerprint density at radius 3 is 2.91 bits per heavy atom. The molecule has 1 heterocycles. The van der Waals surface area contributed by atoms with Crippen molar-refractivity contribution < 1.29 is 9.53 Å². The summed E-state index contributed by atoms with van der Waals surface area (Å²) in [5.41, 5.74) is 0.750. The third kappa shape index (κ3) is 3.47. The van der Waals surface area contributed by atoms with E-state index >= 15 is 0 Å². The maximum Gasteiger partial charge on any atom is 0.248 e. The van der Waals surface area contributed by atoms with E-state index in [4.69, 9.17) is 4.74 Å². The average Bonchev–Trinajstić information content (AvgIpc) is 3.20. The van der Waals surface area contributed by atoms with Crippen molar-refractivity contribution in [1.29, 1.82) is 0 Å². The fourth-order valence-electron chi connectivity index (χ4n) is 2.72. The van der Waals surface area contributed by atoms with Gasteiger partial charge in [-0.25, -0.2) is 0 Å². The number of nitrogens with zero attached hydrogens (tertiary/aromatic N) is 2. The Hall–Kier alpha value is -2.30. The number of anilines is 1. The molecule has 1 atom stereocenters. The Bertz CT molecular complexity index is 619. The molecule has 1 saturated carbocycles. The molecule has 3 rings (SSSR count). The van der Waals surface area contributed by atoms with E-state index in [1.807, 2.05) is 31.2 Å². The first-order valence-electron chi connectivity index (χ1n) is 7.79. The average molecular weight is 299 g/mol. The Labute approximate surface area is 130 Å². The van der Waals surface area contributed by atoms with Crippen LogP contribution in [0.25, 0.3) is 0 Å². The first-order chi connectivity index (χ1) is 10.7. The van der Waals surface area contributed by atoms with Crippen LogP contribution in [-0.2, 0) is 4.79 Å². The van der Waals surface area contributed by atoms with Gasteiger partial charge in [0.15, 0.2) is 0 Å². The molecule has 1 aliphatic rings. The Balaban J connectivity index is 1.63. The van der Waals surface area contributed by atoms with Gasteiger partial charge in [0.2, 0.25) is 5.91 Å². The van der Waals surface area contributed by atoms with Crippen LogP contribution in [0.15, 0.2) is 42.7 Å². The van der Waals surface area contributed by atoms with Gasteiger partial charge in [-0.2, -0.15) is 5.10 Å². The molecule has 5 heteroatoms. The van der Waals surface area contributed by atoms with Crippen molar-refractivity contribution >= 4 is 11.6 Å². The van der Waals surface area contributed by atoms with Gasteiger partial charge < -0.3 is 10.1 Å². The molecule has 5 nitrogen and oxygen atoms in total. The highest BCUT2D eigenvalue weighted by molar-refractivity contribution is 5.93. The number of rotatable bonds is 5. The second-order valence-electron chi connectivity index (χ2n) is 5.70. The largest absolute Gasteiger partial charge is 0.490 e. The fourth-order valence-corrected chi connectivity index (χ4v) is 2.72. The lowest BCUT2D eigenvalue weighted by Gasteiger charge is -2.15. The first kappa shape index (κ1) is 14.6. The lowest BCUT2D eigenvalue weighted by Crippen LogP contribution is -2.24. The van der Waals surface area contributed by atoms with Gasteiger partial charge in [-0.3, -0.25) is 9.48 Å². The third-order valence-electron chi connectivity index (χ3n) is 4.01. The van der Waals surface area contributed by atoms with E-state index in [1.54, 1.807) is 23.1 Å². The molecule has 2 aromatic rings. The van der Waals surface area contributed by atoms with Crippen LogP contribution in [0.2, 0.25) is 0 Å². The minimum atomic E-state index is -0.352. The SMILES string of the molecule is CC(C(=O)Nc1cccc(OC2CCCC2)c1)n1cccn1. The summed E-state index contributed by atoms with van der Waals surface area (Å²) in [4.78, 5) is 12.3. The first-order valence-corrected chi connectivity index (χ1v) is 7.79. The summed E-state index contributed by atoms with van der Waals surface area (Å²) in [7, 11) is 0. The van der Waals surface area contributed by atoms with Crippen molar-refractivity contribution in [1.82, 2.24) is 9.78 Å². The molecule has 0 radical (unpaired) electrons. The molecule has 1 aromatic carbocycles. The second-order valence-corrected chi connectivity index (χ2v) is 5.70. The molecule has 0 spiro atoms. The summed E-state index contributed by atoms with van der Waals surface area (Å²) in [5, 5.41) is 7.01. The van der Waals surface area contributed by atoms with Crippen molar-refractivity contribution in [3.05, 3.63) is 42.7 Å². The summed E-state index contributed by atoms with van der Waals surface area (Å²) >= 11 is 0. The van der Waals surface area contributed by atoms with E-state index in [0.29, 0.717) is 6.10 Å². The Morgan fingerprint density at radius 1 is 1.36 bits per heavy atom. The van der Waals surface area contributed by atoms with E-state index in [2.05, 4.69) is 10.4 Å². The molecule has 1 amide bonds. The number of ether oxygens (including phenoxy) is 1. The van der Waals surface area contributed by atoms with Crippen LogP contribution in [0.5, 0.6) is 5.75 Å². The van der Waals surface area contributed by atoms with E-state index in [1.165, 1.54) is 12.8 Å². The zero-order valence-electron chi connectivity index (χ0n) is 12.7. The van der Waals surface area contributed by atoms with E-state index in [-0.39, 0.29) is 11.9 Å². The quantitative estimate of drug-likeness (QED) is 0.920. The van der Waals surface area contributed by atoms with Crippen LogP contribution in [0.4, 0.5) is 5.69 Å². The maximum atomic E-state index is 12.3.